The first-order chi connectivity index (χ1) is 8.06. The molecule has 17 heavy (non-hydrogen) atoms. The number of rotatable bonds is 3. The number of ether oxygens (including phenoxy) is 1. The summed E-state index contributed by atoms with van der Waals surface area (Å²) < 4.78 is 5.32. The van der Waals surface area contributed by atoms with Crippen molar-refractivity contribution in [1.82, 2.24) is 5.32 Å². The zero-order chi connectivity index (χ0) is 12.5. The van der Waals surface area contributed by atoms with Gasteiger partial charge in [-0.2, -0.15) is 0 Å². The summed E-state index contributed by atoms with van der Waals surface area (Å²) in [6.45, 7) is 2.00. The van der Waals surface area contributed by atoms with Crippen LogP contribution in [-0.2, 0) is 9.53 Å². The number of carbonyl (C=O) groups excluding carboxylic acids is 1. The van der Waals surface area contributed by atoms with Crippen molar-refractivity contribution < 1.29 is 9.53 Å². The molecule has 2 aliphatic rings. The lowest BCUT2D eigenvalue weighted by molar-refractivity contribution is -0.131. The smallest absolute Gasteiger partial charge is 0.227 e. The Bertz CT molecular complexity index is 295. The first-order valence-electron chi connectivity index (χ1n) is 6.65. The number of nitrogens with two attached hydrogens (primary N) is 1. The molecule has 0 aliphatic heterocycles. The van der Waals surface area contributed by atoms with Crippen LogP contribution in [0.4, 0.5) is 0 Å². The molecular weight excluding hydrogens is 216 g/mol. The molecule has 2 aliphatic carbocycles. The van der Waals surface area contributed by atoms with E-state index in [1.165, 1.54) is 0 Å². The van der Waals surface area contributed by atoms with Gasteiger partial charge in [-0.25, -0.2) is 0 Å². The molecule has 0 spiro atoms. The van der Waals surface area contributed by atoms with Gasteiger partial charge in [-0.3, -0.25) is 4.79 Å². The Morgan fingerprint density at radius 2 is 2.18 bits per heavy atom. The fraction of sp³-hybridized carbons (Fsp3) is 0.923. The van der Waals surface area contributed by atoms with E-state index in [1.807, 2.05) is 6.92 Å². The normalized spacial score (nSPS) is 41.7. The highest BCUT2D eigenvalue weighted by molar-refractivity contribution is 5.83. The molecule has 4 nitrogen and oxygen atoms in total. The minimum atomic E-state index is -0.356. The van der Waals surface area contributed by atoms with Gasteiger partial charge in [-0.15, -0.1) is 0 Å². The first kappa shape index (κ1) is 12.8. The third kappa shape index (κ3) is 2.47. The van der Waals surface area contributed by atoms with E-state index in [4.69, 9.17) is 10.5 Å². The van der Waals surface area contributed by atoms with Gasteiger partial charge < -0.3 is 15.8 Å². The van der Waals surface area contributed by atoms with Crippen LogP contribution in [0.15, 0.2) is 0 Å². The molecule has 0 radical (unpaired) electrons. The van der Waals surface area contributed by atoms with E-state index in [0.29, 0.717) is 6.10 Å². The monoisotopic (exact) mass is 240 g/mol. The van der Waals surface area contributed by atoms with Gasteiger partial charge >= 0.3 is 0 Å². The number of methoxy groups -OCH3 is 1. The van der Waals surface area contributed by atoms with E-state index in [0.717, 1.165) is 38.5 Å². The Hall–Kier alpha value is -0.610. The zero-order valence-corrected chi connectivity index (χ0v) is 10.9. The lowest BCUT2D eigenvalue weighted by Crippen LogP contribution is -2.49. The number of amides is 1. The summed E-state index contributed by atoms with van der Waals surface area (Å²) in [6, 6.07) is 0.291. The first-order valence-corrected chi connectivity index (χ1v) is 6.65. The number of hydrogen-bond donors (Lipinski definition) is 2. The van der Waals surface area contributed by atoms with Crippen LogP contribution in [0, 0.1) is 5.41 Å². The molecule has 4 heteroatoms. The number of hydrogen-bond acceptors (Lipinski definition) is 3. The zero-order valence-electron chi connectivity index (χ0n) is 10.9. The van der Waals surface area contributed by atoms with Crippen LogP contribution in [0.5, 0.6) is 0 Å². The molecular formula is C13H24N2O2. The molecule has 0 aromatic rings. The van der Waals surface area contributed by atoms with Gasteiger partial charge in [-0.1, -0.05) is 6.42 Å². The molecule has 0 bridgehead atoms. The van der Waals surface area contributed by atoms with Gasteiger partial charge in [0.05, 0.1) is 11.5 Å². The van der Waals surface area contributed by atoms with E-state index >= 15 is 0 Å². The maximum absolute atomic E-state index is 12.3. The van der Waals surface area contributed by atoms with Crippen molar-refractivity contribution >= 4 is 5.91 Å². The summed E-state index contributed by atoms with van der Waals surface area (Å²) in [6.07, 6.45) is 6.27. The Kier molecular flexibility index (Phi) is 3.73. The molecule has 2 saturated carbocycles. The van der Waals surface area contributed by atoms with Crippen LogP contribution in [0.2, 0.25) is 0 Å². The Balaban J connectivity index is 1.89. The molecule has 2 rings (SSSR count). The van der Waals surface area contributed by atoms with Gasteiger partial charge in [-0.05, 0) is 39.0 Å². The molecule has 0 aromatic heterocycles. The average Bonchev–Trinajstić information content (AvgIpc) is 2.88. The second kappa shape index (κ2) is 4.94. The van der Waals surface area contributed by atoms with Crippen LogP contribution >= 0.6 is 0 Å². The Labute approximate surface area is 103 Å². The molecule has 3 N–H and O–H groups in total. The van der Waals surface area contributed by atoms with Crippen LogP contribution in [0.25, 0.3) is 0 Å². The van der Waals surface area contributed by atoms with Crippen LogP contribution in [0.1, 0.15) is 45.4 Å². The van der Waals surface area contributed by atoms with Crippen molar-refractivity contribution in [3.63, 3.8) is 0 Å². The molecule has 4 unspecified atom stereocenters. The fourth-order valence-electron chi connectivity index (χ4n) is 3.11. The van der Waals surface area contributed by atoms with Crippen molar-refractivity contribution in [2.45, 2.75) is 63.6 Å². The number of carbonyl (C=O) groups is 1. The maximum atomic E-state index is 12.3. The van der Waals surface area contributed by atoms with E-state index < -0.39 is 0 Å². The highest BCUT2D eigenvalue weighted by Crippen LogP contribution is 2.37. The number of nitrogens with one attached hydrogen (secondary N) is 1. The average molecular weight is 240 g/mol. The van der Waals surface area contributed by atoms with Crippen LogP contribution in [-0.4, -0.2) is 31.2 Å². The van der Waals surface area contributed by atoms with E-state index in [2.05, 4.69) is 5.32 Å². The van der Waals surface area contributed by atoms with E-state index in [9.17, 15) is 4.79 Å². The summed E-state index contributed by atoms with van der Waals surface area (Å²) in [5, 5.41) is 3.16. The van der Waals surface area contributed by atoms with Gasteiger partial charge in [0.25, 0.3) is 0 Å². The van der Waals surface area contributed by atoms with Gasteiger partial charge in [0.2, 0.25) is 5.91 Å². The third-order valence-corrected chi connectivity index (χ3v) is 4.60. The lowest BCUT2D eigenvalue weighted by atomic mass is 9.84. The summed E-state index contributed by atoms with van der Waals surface area (Å²) in [7, 11) is 1.74. The predicted molar refractivity (Wildman–Crippen MR) is 66.5 cm³/mol. The summed E-state index contributed by atoms with van der Waals surface area (Å²) in [4.78, 5) is 12.3. The summed E-state index contributed by atoms with van der Waals surface area (Å²) >= 11 is 0. The van der Waals surface area contributed by atoms with Gasteiger partial charge in [0.15, 0.2) is 0 Å². The molecule has 1 amide bonds. The molecule has 98 valence electrons. The fourth-order valence-corrected chi connectivity index (χ4v) is 3.11. The van der Waals surface area contributed by atoms with E-state index in [1.54, 1.807) is 7.11 Å². The lowest BCUT2D eigenvalue weighted by Gasteiger charge is -2.29. The maximum Gasteiger partial charge on any atom is 0.227 e. The topological polar surface area (TPSA) is 64.3 Å². The summed E-state index contributed by atoms with van der Waals surface area (Å²) in [5.74, 6) is 0.143. The van der Waals surface area contributed by atoms with Crippen molar-refractivity contribution in [3.05, 3.63) is 0 Å². The predicted octanol–water partition coefficient (Wildman–Crippen LogP) is 1.19. The molecule has 0 heterocycles. The Morgan fingerprint density at radius 1 is 1.41 bits per heavy atom. The van der Waals surface area contributed by atoms with Crippen molar-refractivity contribution in [3.8, 4) is 0 Å². The summed E-state index contributed by atoms with van der Waals surface area (Å²) in [5.41, 5.74) is 5.70. The van der Waals surface area contributed by atoms with Crippen molar-refractivity contribution in [2.24, 2.45) is 11.1 Å². The van der Waals surface area contributed by atoms with Crippen LogP contribution in [0.3, 0.4) is 0 Å². The van der Waals surface area contributed by atoms with Crippen molar-refractivity contribution in [1.29, 1.82) is 0 Å². The minimum absolute atomic E-state index is 0.0159. The second-order valence-corrected chi connectivity index (χ2v) is 5.76. The van der Waals surface area contributed by atoms with Crippen molar-refractivity contribution in [2.75, 3.05) is 7.11 Å². The van der Waals surface area contributed by atoms with E-state index in [-0.39, 0.29) is 23.4 Å². The SMILES string of the molecule is COC1CCC(NC(=O)C2(C)CCCC2N)C1. The molecule has 0 aromatic carbocycles. The molecule has 4 atom stereocenters. The third-order valence-electron chi connectivity index (χ3n) is 4.60. The molecule has 0 saturated heterocycles. The minimum Gasteiger partial charge on any atom is -0.381 e. The van der Waals surface area contributed by atoms with Gasteiger partial charge in [0, 0.05) is 19.2 Å². The highest BCUT2D eigenvalue weighted by atomic mass is 16.5. The molecule has 2 fully saturated rings. The highest BCUT2D eigenvalue weighted by Gasteiger charge is 2.43. The van der Waals surface area contributed by atoms with Gasteiger partial charge in [0.1, 0.15) is 0 Å². The standard InChI is InChI=1S/C13H24N2O2/c1-13(7-3-4-11(13)14)12(16)15-9-5-6-10(8-9)17-2/h9-11H,3-8,14H2,1-2H3,(H,15,16). The second-order valence-electron chi connectivity index (χ2n) is 5.76. The largest absolute Gasteiger partial charge is 0.381 e. The quantitative estimate of drug-likeness (QED) is 0.779. The Morgan fingerprint density at radius 3 is 2.71 bits per heavy atom. The van der Waals surface area contributed by atoms with Crippen LogP contribution < -0.4 is 11.1 Å².